The Morgan fingerprint density at radius 2 is 1.95 bits per heavy atom. The van der Waals surface area contributed by atoms with Crippen molar-refractivity contribution in [3.05, 3.63) is 33.0 Å². The summed E-state index contributed by atoms with van der Waals surface area (Å²) in [5.74, 6) is 2.19. The molecule has 0 aliphatic heterocycles. The summed E-state index contributed by atoms with van der Waals surface area (Å²) in [7, 11) is 0. The number of hydrogen-bond acceptors (Lipinski definition) is 2. The van der Waals surface area contributed by atoms with E-state index in [9.17, 15) is 0 Å². The summed E-state index contributed by atoms with van der Waals surface area (Å²) in [6.07, 6.45) is 2.26. The Morgan fingerprint density at radius 3 is 2.52 bits per heavy atom. The molecular formula is C16H21Br2N3. The van der Waals surface area contributed by atoms with Crippen LogP contribution >= 0.6 is 31.9 Å². The fourth-order valence-electron chi connectivity index (χ4n) is 2.33. The van der Waals surface area contributed by atoms with Crippen molar-refractivity contribution >= 4 is 37.7 Å². The first-order chi connectivity index (χ1) is 9.95. The number of aromatic nitrogens is 2. The summed E-state index contributed by atoms with van der Waals surface area (Å²) >= 11 is 7.04. The van der Waals surface area contributed by atoms with Crippen molar-refractivity contribution in [2.24, 2.45) is 0 Å². The van der Waals surface area contributed by atoms with E-state index in [0.717, 1.165) is 51.2 Å². The molecule has 1 aromatic carbocycles. The smallest absolute Gasteiger partial charge is 0.131 e. The van der Waals surface area contributed by atoms with Gasteiger partial charge in [0, 0.05) is 27.0 Å². The molecule has 0 aliphatic carbocycles. The van der Waals surface area contributed by atoms with Crippen LogP contribution < -0.4 is 5.73 Å². The van der Waals surface area contributed by atoms with Gasteiger partial charge in [-0.2, -0.15) is 0 Å². The summed E-state index contributed by atoms with van der Waals surface area (Å²) in [6, 6.07) is 6.11. The maximum atomic E-state index is 6.38. The predicted molar refractivity (Wildman–Crippen MR) is 96.5 cm³/mol. The van der Waals surface area contributed by atoms with E-state index in [4.69, 9.17) is 10.7 Å². The third kappa shape index (κ3) is 3.51. The summed E-state index contributed by atoms with van der Waals surface area (Å²) < 4.78 is 4.20. The number of rotatable bonds is 5. The second-order valence-corrected chi connectivity index (χ2v) is 7.20. The van der Waals surface area contributed by atoms with E-state index < -0.39 is 0 Å². The molecule has 0 saturated carbocycles. The van der Waals surface area contributed by atoms with E-state index in [1.54, 1.807) is 0 Å². The molecule has 0 aliphatic rings. The maximum absolute atomic E-state index is 6.38. The van der Waals surface area contributed by atoms with Crippen LogP contribution in [-0.2, 0) is 6.54 Å². The standard InChI is InChI=1S/C16H21Br2N3/c1-4-5-8-21-15(19)14(20-16(21)10(2)3)11-6-7-12(17)13(18)9-11/h6-7,9-10H,4-5,8,19H2,1-3H3. The van der Waals surface area contributed by atoms with Crippen LogP contribution in [0.25, 0.3) is 11.3 Å². The monoisotopic (exact) mass is 413 g/mol. The van der Waals surface area contributed by atoms with Gasteiger partial charge in [0.15, 0.2) is 0 Å². The molecule has 0 fully saturated rings. The molecule has 0 amide bonds. The van der Waals surface area contributed by atoms with Gasteiger partial charge in [-0.3, -0.25) is 0 Å². The lowest BCUT2D eigenvalue weighted by Crippen LogP contribution is -2.08. The van der Waals surface area contributed by atoms with Gasteiger partial charge in [-0.1, -0.05) is 33.3 Å². The van der Waals surface area contributed by atoms with Gasteiger partial charge in [0.05, 0.1) is 0 Å². The molecule has 21 heavy (non-hydrogen) atoms. The zero-order chi connectivity index (χ0) is 15.6. The van der Waals surface area contributed by atoms with Crippen LogP contribution in [-0.4, -0.2) is 9.55 Å². The number of nitrogens with zero attached hydrogens (tertiary/aromatic N) is 2. The molecule has 0 unspecified atom stereocenters. The number of anilines is 1. The van der Waals surface area contributed by atoms with Crippen molar-refractivity contribution in [2.45, 2.75) is 46.1 Å². The predicted octanol–water partition coefficient (Wildman–Crippen LogP) is 5.58. The second kappa shape index (κ2) is 6.97. The number of nitrogens with two attached hydrogens (primary N) is 1. The highest BCUT2D eigenvalue weighted by Gasteiger charge is 2.18. The van der Waals surface area contributed by atoms with Crippen LogP contribution in [0.3, 0.4) is 0 Å². The number of halogens is 2. The van der Waals surface area contributed by atoms with E-state index in [-0.39, 0.29) is 0 Å². The molecule has 0 bridgehead atoms. The molecule has 2 N–H and O–H groups in total. The number of imidazole rings is 1. The first-order valence-corrected chi connectivity index (χ1v) is 8.85. The van der Waals surface area contributed by atoms with Gasteiger partial charge >= 0.3 is 0 Å². The molecule has 0 atom stereocenters. The van der Waals surface area contributed by atoms with Gasteiger partial charge in [0.25, 0.3) is 0 Å². The van der Waals surface area contributed by atoms with Crippen LogP contribution in [0.2, 0.25) is 0 Å². The average molecular weight is 415 g/mol. The first-order valence-electron chi connectivity index (χ1n) is 7.27. The second-order valence-electron chi connectivity index (χ2n) is 5.49. The van der Waals surface area contributed by atoms with Gasteiger partial charge in [-0.25, -0.2) is 4.98 Å². The van der Waals surface area contributed by atoms with Crippen LogP contribution in [0, 0.1) is 0 Å². The molecule has 1 aromatic heterocycles. The van der Waals surface area contributed by atoms with Crippen molar-refractivity contribution in [2.75, 3.05) is 5.73 Å². The molecule has 5 heteroatoms. The average Bonchev–Trinajstić information content (AvgIpc) is 2.77. The van der Waals surface area contributed by atoms with Crippen molar-refractivity contribution in [3.8, 4) is 11.3 Å². The molecule has 114 valence electrons. The zero-order valence-electron chi connectivity index (χ0n) is 12.7. The quantitative estimate of drug-likeness (QED) is 0.693. The molecule has 0 radical (unpaired) electrons. The Labute approximate surface area is 143 Å². The van der Waals surface area contributed by atoms with Gasteiger partial charge in [-0.05, 0) is 50.4 Å². The third-order valence-corrected chi connectivity index (χ3v) is 5.36. The normalized spacial score (nSPS) is 11.3. The fraction of sp³-hybridized carbons (Fsp3) is 0.438. The summed E-state index contributed by atoms with van der Waals surface area (Å²) in [5.41, 5.74) is 8.30. The Kier molecular flexibility index (Phi) is 5.49. The SMILES string of the molecule is CCCCn1c(C(C)C)nc(-c2ccc(Br)c(Br)c2)c1N. The minimum absolute atomic E-state index is 0.358. The Hall–Kier alpha value is -0.810. The minimum Gasteiger partial charge on any atom is -0.383 e. The number of nitrogen functional groups attached to an aromatic ring is 1. The lowest BCUT2D eigenvalue weighted by atomic mass is 10.1. The highest BCUT2D eigenvalue weighted by atomic mass is 79.9. The summed E-state index contributed by atoms with van der Waals surface area (Å²) in [4.78, 5) is 4.81. The maximum Gasteiger partial charge on any atom is 0.131 e. The lowest BCUT2D eigenvalue weighted by Gasteiger charge is -2.11. The Balaban J connectivity index is 2.51. The van der Waals surface area contributed by atoms with Gasteiger partial charge < -0.3 is 10.3 Å². The van der Waals surface area contributed by atoms with Crippen LogP contribution in [0.5, 0.6) is 0 Å². The molecular weight excluding hydrogens is 394 g/mol. The topological polar surface area (TPSA) is 43.8 Å². The lowest BCUT2D eigenvalue weighted by molar-refractivity contribution is 0.588. The van der Waals surface area contributed by atoms with Crippen molar-refractivity contribution in [1.82, 2.24) is 9.55 Å². The highest BCUT2D eigenvalue weighted by Crippen LogP contribution is 2.33. The van der Waals surface area contributed by atoms with E-state index in [1.807, 2.05) is 12.1 Å². The van der Waals surface area contributed by atoms with Crippen LogP contribution in [0.4, 0.5) is 5.82 Å². The number of hydrogen-bond donors (Lipinski definition) is 1. The Bertz CT molecular complexity index is 633. The molecule has 0 saturated heterocycles. The van der Waals surface area contributed by atoms with Gasteiger partial charge in [0.1, 0.15) is 17.3 Å². The summed E-state index contributed by atoms with van der Waals surface area (Å²) in [6.45, 7) is 7.44. The molecule has 2 aromatic rings. The van der Waals surface area contributed by atoms with Crippen molar-refractivity contribution in [1.29, 1.82) is 0 Å². The van der Waals surface area contributed by atoms with Crippen LogP contribution in [0.15, 0.2) is 27.1 Å². The molecule has 1 heterocycles. The van der Waals surface area contributed by atoms with E-state index in [1.165, 1.54) is 0 Å². The highest BCUT2D eigenvalue weighted by molar-refractivity contribution is 9.13. The fourth-order valence-corrected chi connectivity index (χ4v) is 2.96. The Morgan fingerprint density at radius 1 is 1.24 bits per heavy atom. The van der Waals surface area contributed by atoms with E-state index >= 15 is 0 Å². The van der Waals surface area contributed by atoms with Crippen molar-refractivity contribution < 1.29 is 0 Å². The number of benzene rings is 1. The number of unbranched alkanes of at least 4 members (excludes halogenated alkanes) is 1. The van der Waals surface area contributed by atoms with Crippen LogP contribution in [0.1, 0.15) is 45.4 Å². The summed E-state index contributed by atoms with van der Waals surface area (Å²) in [5, 5.41) is 0. The molecule has 0 spiro atoms. The largest absolute Gasteiger partial charge is 0.383 e. The van der Waals surface area contributed by atoms with Gasteiger partial charge in [0.2, 0.25) is 0 Å². The first kappa shape index (κ1) is 16.6. The third-order valence-electron chi connectivity index (χ3n) is 3.48. The van der Waals surface area contributed by atoms with Crippen molar-refractivity contribution in [3.63, 3.8) is 0 Å². The van der Waals surface area contributed by atoms with E-state index in [0.29, 0.717) is 5.92 Å². The minimum atomic E-state index is 0.358. The van der Waals surface area contributed by atoms with E-state index in [2.05, 4.69) is 63.3 Å². The zero-order valence-corrected chi connectivity index (χ0v) is 15.8. The van der Waals surface area contributed by atoms with Gasteiger partial charge in [-0.15, -0.1) is 0 Å². The molecule has 3 nitrogen and oxygen atoms in total. The molecule has 2 rings (SSSR count).